The highest BCUT2D eigenvalue weighted by molar-refractivity contribution is 5.11. The van der Waals surface area contributed by atoms with E-state index in [1.807, 2.05) is 0 Å². The summed E-state index contributed by atoms with van der Waals surface area (Å²) in [6.07, 6.45) is 9.12. The van der Waals surface area contributed by atoms with Crippen LogP contribution in [0.5, 0.6) is 0 Å². The average molecular weight is 335 g/mol. The molecule has 4 fully saturated rings. The van der Waals surface area contributed by atoms with Crippen LogP contribution in [0, 0.1) is 46.3 Å². The quantitative estimate of drug-likeness (QED) is 0.734. The molecular formula is C22H38O2. The van der Waals surface area contributed by atoms with Crippen molar-refractivity contribution in [2.24, 2.45) is 46.3 Å². The van der Waals surface area contributed by atoms with E-state index in [4.69, 9.17) is 0 Å². The molecular weight excluding hydrogens is 296 g/mol. The number of aliphatic hydroxyl groups is 2. The van der Waals surface area contributed by atoms with Crippen LogP contribution in [0.4, 0.5) is 0 Å². The predicted molar refractivity (Wildman–Crippen MR) is 97.5 cm³/mol. The highest BCUT2D eigenvalue weighted by Crippen LogP contribution is 2.68. The lowest BCUT2D eigenvalue weighted by Crippen LogP contribution is -2.58. The van der Waals surface area contributed by atoms with Gasteiger partial charge in [0, 0.05) is 0 Å². The Labute approximate surface area is 148 Å². The molecule has 0 amide bonds. The monoisotopic (exact) mass is 334 g/mol. The second kappa shape index (κ2) is 5.71. The van der Waals surface area contributed by atoms with Crippen LogP contribution in [-0.2, 0) is 0 Å². The van der Waals surface area contributed by atoms with E-state index in [0.29, 0.717) is 28.6 Å². The van der Waals surface area contributed by atoms with Gasteiger partial charge in [-0.15, -0.1) is 0 Å². The Kier molecular flexibility index (Phi) is 4.12. The summed E-state index contributed by atoms with van der Waals surface area (Å²) in [5.74, 6) is 4.07. The fourth-order valence-corrected chi connectivity index (χ4v) is 8.34. The van der Waals surface area contributed by atoms with E-state index in [1.54, 1.807) is 0 Å². The van der Waals surface area contributed by atoms with Gasteiger partial charge in [0.1, 0.15) is 0 Å². The van der Waals surface area contributed by atoms with Gasteiger partial charge in [0.15, 0.2) is 0 Å². The van der Waals surface area contributed by atoms with Crippen LogP contribution in [-0.4, -0.2) is 22.4 Å². The van der Waals surface area contributed by atoms with Gasteiger partial charge in [-0.25, -0.2) is 0 Å². The summed E-state index contributed by atoms with van der Waals surface area (Å²) in [7, 11) is 0. The third-order valence-electron chi connectivity index (χ3n) is 9.53. The van der Waals surface area contributed by atoms with Crippen LogP contribution < -0.4 is 0 Å². The number of rotatable bonds is 1. The van der Waals surface area contributed by atoms with Gasteiger partial charge < -0.3 is 10.2 Å². The standard InChI is InChI=1S/C22H38O2/c1-13(2)16-5-6-17-20-18(8-10-22(16,17)4)21(3)9-7-15(23)11-14(21)12-19(20)24/h13-20,23-24H,5-12H2,1-4H3/t14?,15-,16?,17?,18?,19?,20?,21?,22?/m1/s1. The Morgan fingerprint density at radius 2 is 1.50 bits per heavy atom. The van der Waals surface area contributed by atoms with Gasteiger partial charge in [-0.3, -0.25) is 0 Å². The fraction of sp³-hybridized carbons (Fsp3) is 1.00. The van der Waals surface area contributed by atoms with E-state index in [9.17, 15) is 10.2 Å². The van der Waals surface area contributed by atoms with E-state index >= 15 is 0 Å². The van der Waals surface area contributed by atoms with E-state index in [0.717, 1.165) is 37.0 Å². The minimum atomic E-state index is -0.131. The molecule has 0 bridgehead atoms. The van der Waals surface area contributed by atoms with Crippen molar-refractivity contribution < 1.29 is 10.2 Å². The smallest absolute Gasteiger partial charge is 0.0577 e. The molecule has 0 heterocycles. The van der Waals surface area contributed by atoms with E-state index in [-0.39, 0.29) is 12.2 Å². The third kappa shape index (κ3) is 2.28. The molecule has 24 heavy (non-hydrogen) atoms. The Bertz CT molecular complexity index is 488. The molecule has 9 atom stereocenters. The summed E-state index contributed by atoms with van der Waals surface area (Å²) in [5, 5.41) is 21.3. The molecule has 4 rings (SSSR count). The lowest BCUT2D eigenvalue weighted by molar-refractivity contribution is -0.174. The van der Waals surface area contributed by atoms with Gasteiger partial charge in [0.05, 0.1) is 12.2 Å². The number of hydrogen-bond acceptors (Lipinski definition) is 2. The van der Waals surface area contributed by atoms with Crippen LogP contribution in [0.2, 0.25) is 0 Å². The van der Waals surface area contributed by atoms with Crippen LogP contribution in [0.25, 0.3) is 0 Å². The van der Waals surface area contributed by atoms with Crippen molar-refractivity contribution in [2.45, 2.75) is 91.3 Å². The van der Waals surface area contributed by atoms with Crippen molar-refractivity contribution in [3.63, 3.8) is 0 Å². The number of fused-ring (bicyclic) bond motifs is 5. The second-order valence-corrected chi connectivity index (χ2v) is 10.7. The van der Waals surface area contributed by atoms with Crippen molar-refractivity contribution in [1.29, 1.82) is 0 Å². The molecule has 138 valence electrons. The molecule has 0 spiro atoms. The number of aliphatic hydroxyl groups excluding tert-OH is 2. The second-order valence-electron chi connectivity index (χ2n) is 10.7. The van der Waals surface area contributed by atoms with Gasteiger partial charge in [0.25, 0.3) is 0 Å². The molecule has 2 N–H and O–H groups in total. The van der Waals surface area contributed by atoms with Gasteiger partial charge in [-0.2, -0.15) is 0 Å². The first-order chi connectivity index (χ1) is 11.3. The zero-order valence-corrected chi connectivity index (χ0v) is 16.2. The summed E-state index contributed by atoms with van der Waals surface area (Å²) in [6.45, 7) is 9.87. The molecule has 0 aliphatic heterocycles. The maximum Gasteiger partial charge on any atom is 0.0577 e. The first-order valence-electron chi connectivity index (χ1n) is 10.6. The molecule has 0 aromatic heterocycles. The Balaban J connectivity index is 1.65. The maximum absolute atomic E-state index is 11.1. The molecule has 4 aliphatic rings. The Morgan fingerprint density at radius 1 is 0.833 bits per heavy atom. The summed E-state index contributed by atoms with van der Waals surface area (Å²) >= 11 is 0. The van der Waals surface area contributed by atoms with Crippen molar-refractivity contribution in [3.8, 4) is 0 Å². The summed E-state index contributed by atoms with van der Waals surface area (Å²) in [6, 6.07) is 0. The van der Waals surface area contributed by atoms with Gasteiger partial charge >= 0.3 is 0 Å². The molecule has 0 aromatic rings. The van der Waals surface area contributed by atoms with Crippen molar-refractivity contribution in [2.75, 3.05) is 0 Å². The van der Waals surface area contributed by atoms with Crippen molar-refractivity contribution in [1.82, 2.24) is 0 Å². The first kappa shape index (κ1) is 17.3. The fourth-order valence-electron chi connectivity index (χ4n) is 8.34. The van der Waals surface area contributed by atoms with Crippen molar-refractivity contribution in [3.05, 3.63) is 0 Å². The van der Waals surface area contributed by atoms with Crippen LogP contribution in [0.3, 0.4) is 0 Å². The predicted octanol–water partition coefficient (Wildman–Crippen LogP) is 4.63. The lowest BCUT2D eigenvalue weighted by atomic mass is 9.43. The van der Waals surface area contributed by atoms with Crippen LogP contribution in [0.1, 0.15) is 79.1 Å². The molecule has 2 heteroatoms. The van der Waals surface area contributed by atoms with E-state index in [2.05, 4.69) is 27.7 Å². The zero-order chi connectivity index (χ0) is 17.3. The summed E-state index contributed by atoms with van der Waals surface area (Å²) in [4.78, 5) is 0. The average Bonchev–Trinajstić information content (AvgIpc) is 2.86. The topological polar surface area (TPSA) is 40.5 Å². The summed E-state index contributed by atoms with van der Waals surface area (Å²) < 4.78 is 0. The van der Waals surface area contributed by atoms with Gasteiger partial charge in [-0.1, -0.05) is 27.7 Å². The van der Waals surface area contributed by atoms with Crippen LogP contribution in [0.15, 0.2) is 0 Å². The van der Waals surface area contributed by atoms with Gasteiger partial charge in [0.2, 0.25) is 0 Å². The maximum atomic E-state index is 11.1. The highest BCUT2D eigenvalue weighted by Gasteiger charge is 2.62. The number of hydrogen-bond donors (Lipinski definition) is 2. The molecule has 0 radical (unpaired) electrons. The summed E-state index contributed by atoms with van der Waals surface area (Å²) in [5.41, 5.74) is 0.814. The Morgan fingerprint density at radius 3 is 2.21 bits per heavy atom. The van der Waals surface area contributed by atoms with Crippen LogP contribution >= 0.6 is 0 Å². The minimum absolute atomic E-state index is 0.127. The van der Waals surface area contributed by atoms with E-state index < -0.39 is 0 Å². The minimum Gasteiger partial charge on any atom is -0.393 e. The molecule has 2 nitrogen and oxygen atoms in total. The molecule has 0 aromatic carbocycles. The molecule has 0 saturated heterocycles. The van der Waals surface area contributed by atoms with E-state index in [1.165, 1.54) is 32.1 Å². The van der Waals surface area contributed by atoms with Gasteiger partial charge in [-0.05, 0) is 97.7 Å². The first-order valence-corrected chi connectivity index (χ1v) is 10.6. The lowest BCUT2D eigenvalue weighted by Gasteiger charge is -2.62. The highest BCUT2D eigenvalue weighted by atomic mass is 16.3. The molecule has 4 saturated carbocycles. The molecule has 4 aliphatic carbocycles. The normalized spacial score (nSPS) is 57.4. The Hall–Kier alpha value is -0.0800. The SMILES string of the molecule is CC(C)C1CCC2C3C(O)CC4C[C@H](O)CCC4(C)C3CCC12C. The van der Waals surface area contributed by atoms with Crippen molar-refractivity contribution >= 4 is 0 Å². The third-order valence-corrected chi connectivity index (χ3v) is 9.53. The zero-order valence-electron chi connectivity index (χ0n) is 16.2. The molecule has 8 unspecified atom stereocenters. The largest absolute Gasteiger partial charge is 0.393 e.